The molecule has 0 aliphatic carbocycles. The second-order valence-corrected chi connectivity index (χ2v) is 3.24. The molecule has 0 fully saturated rings. The van der Waals surface area contributed by atoms with Crippen LogP contribution in [0.2, 0.25) is 0 Å². The van der Waals surface area contributed by atoms with E-state index in [-0.39, 0.29) is 12.5 Å². The Bertz CT molecular complexity index is 197. The molecule has 0 aromatic rings. The van der Waals surface area contributed by atoms with Crippen molar-refractivity contribution in [3.8, 4) is 0 Å². The van der Waals surface area contributed by atoms with Gasteiger partial charge in [-0.3, -0.25) is 0 Å². The molecule has 7 heteroatoms. The van der Waals surface area contributed by atoms with Crippen LogP contribution in [0.25, 0.3) is 0 Å². The number of rotatable bonds is 5. The van der Waals surface area contributed by atoms with Crippen molar-refractivity contribution >= 4 is 6.03 Å². The predicted molar refractivity (Wildman–Crippen MR) is 48.5 cm³/mol. The molecule has 15 heavy (non-hydrogen) atoms. The minimum absolute atomic E-state index is 0.0617. The van der Waals surface area contributed by atoms with Crippen molar-refractivity contribution in [3.05, 3.63) is 0 Å². The number of alkyl halides is 3. The fourth-order valence-corrected chi connectivity index (χ4v) is 0.853. The summed E-state index contributed by atoms with van der Waals surface area (Å²) in [6, 6.07) is -0.824. The summed E-state index contributed by atoms with van der Waals surface area (Å²) in [7, 11) is 1.51. The van der Waals surface area contributed by atoms with Crippen molar-refractivity contribution in [2.45, 2.75) is 13.1 Å². The second-order valence-electron chi connectivity index (χ2n) is 3.24. The summed E-state index contributed by atoms with van der Waals surface area (Å²) in [4.78, 5) is 10.8. The number of ether oxygens (including phenoxy) is 1. The smallest absolute Gasteiger partial charge is 0.384 e. The van der Waals surface area contributed by atoms with Gasteiger partial charge in [0.05, 0.1) is 6.61 Å². The third-order valence-corrected chi connectivity index (χ3v) is 1.51. The van der Waals surface area contributed by atoms with Crippen molar-refractivity contribution in [3.63, 3.8) is 0 Å². The van der Waals surface area contributed by atoms with Crippen molar-refractivity contribution in [2.24, 2.45) is 5.92 Å². The average molecular weight is 228 g/mol. The van der Waals surface area contributed by atoms with E-state index in [0.29, 0.717) is 6.61 Å². The van der Waals surface area contributed by atoms with E-state index in [2.05, 4.69) is 5.32 Å². The van der Waals surface area contributed by atoms with E-state index in [1.165, 1.54) is 7.11 Å². The summed E-state index contributed by atoms with van der Waals surface area (Å²) in [5.74, 6) is 0.0617. The average Bonchev–Trinajstić information content (AvgIpc) is 2.11. The number of methoxy groups -OCH3 is 1. The third-order valence-electron chi connectivity index (χ3n) is 1.51. The zero-order chi connectivity index (χ0) is 11.9. The fourth-order valence-electron chi connectivity index (χ4n) is 0.853. The Morgan fingerprint density at radius 2 is 2.00 bits per heavy atom. The molecule has 2 amide bonds. The zero-order valence-electron chi connectivity index (χ0n) is 8.65. The Balaban J connectivity index is 3.58. The monoisotopic (exact) mass is 228 g/mol. The van der Waals surface area contributed by atoms with Gasteiger partial charge in [0.25, 0.3) is 0 Å². The topological polar surface area (TPSA) is 50.4 Å². The highest BCUT2D eigenvalue weighted by Gasteiger charge is 2.27. The quantitative estimate of drug-likeness (QED) is 0.741. The molecule has 0 spiro atoms. The normalized spacial score (nSPS) is 13.4. The van der Waals surface area contributed by atoms with Gasteiger partial charge < -0.3 is 15.4 Å². The van der Waals surface area contributed by atoms with E-state index >= 15 is 0 Å². The first-order valence-corrected chi connectivity index (χ1v) is 4.42. The molecule has 0 rings (SSSR count). The van der Waals surface area contributed by atoms with Crippen LogP contribution in [0.3, 0.4) is 0 Å². The number of halogens is 3. The maximum absolute atomic E-state index is 11.7. The Kier molecular flexibility index (Phi) is 6.07. The molecule has 0 radical (unpaired) electrons. The van der Waals surface area contributed by atoms with Crippen molar-refractivity contribution in [2.75, 3.05) is 26.8 Å². The molecule has 0 bridgehead atoms. The minimum Gasteiger partial charge on any atom is -0.384 e. The van der Waals surface area contributed by atoms with Gasteiger partial charge in [-0.05, 0) is 5.92 Å². The summed E-state index contributed by atoms with van der Waals surface area (Å²) < 4.78 is 39.8. The van der Waals surface area contributed by atoms with Gasteiger partial charge in [-0.15, -0.1) is 0 Å². The van der Waals surface area contributed by atoms with Gasteiger partial charge in [0.15, 0.2) is 0 Å². The molecular formula is C8H15F3N2O2. The molecule has 1 atom stereocenters. The largest absolute Gasteiger partial charge is 0.405 e. The predicted octanol–water partition coefficient (Wildman–Crippen LogP) is 1.13. The Morgan fingerprint density at radius 3 is 2.47 bits per heavy atom. The molecule has 0 saturated carbocycles. The molecule has 0 aromatic heterocycles. The van der Waals surface area contributed by atoms with E-state index in [0.717, 1.165) is 0 Å². The molecule has 2 N–H and O–H groups in total. The molecule has 4 nitrogen and oxygen atoms in total. The Labute approximate surface area is 86.2 Å². The standard InChI is InChI=1S/C8H15F3N2O2/c1-6(4-15-2)3-12-7(14)13-5-8(9,10)11/h6H,3-5H2,1-2H3,(H2,12,13,14). The second kappa shape index (κ2) is 6.49. The SMILES string of the molecule is COCC(C)CNC(=O)NCC(F)(F)F. The number of carbonyl (C=O) groups excluding carboxylic acids is 1. The van der Waals surface area contributed by atoms with Crippen LogP contribution in [0.1, 0.15) is 6.92 Å². The minimum atomic E-state index is -4.38. The van der Waals surface area contributed by atoms with Gasteiger partial charge in [-0.1, -0.05) is 6.92 Å². The van der Waals surface area contributed by atoms with Crippen LogP contribution in [0.5, 0.6) is 0 Å². The lowest BCUT2D eigenvalue weighted by molar-refractivity contribution is -0.122. The Morgan fingerprint density at radius 1 is 1.40 bits per heavy atom. The molecule has 0 aliphatic heterocycles. The first kappa shape index (κ1) is 14.0. The zero-order valence-corrected chi connectivity index (χ0v) is 8.65. The fraction of sp³-hybridized carbons (Fsp3) is 0.875. The molecule has 1 unspecified atom stereocenters. The number of urea groups is 1. The number of nitrogens with one attached hydrogen (secondary N) is 2. The van der Waals surface area contributed by atoms with Gasteiger partial charge in [0, 0.05) is 13.7 Å². The lowest BCUT2D eigenvalue weighted by Gasteiger charge is -2.13. The van der Waals surface area contributed by atoms with E-state index in [4.69, 9.17) is 4.74 Å². The number of hydrogen-bond acceptors (Lipinski definition) is 2. The number of amides is 2. The molecule has 90 valence electrons. The lowest BCUT2D eigenvalue weighted by Crippen LogP contribution is -2.42. The molecule has 0 aliphatic rings. The Hall–Kier alpha value is -0.980. The highest BCUT2D eigenvalue weighted by Crippen LogP contribution is 2.11. The first-order chi connectivity index (χ1) is 6.85. The van der Waals surface area contributed by atoms with Crippen LogP contribution < -0.4 is 10.6 Å². The van der Waals surface area contributed by atoms with E-state index in [9.17, 15) is 18.0 Å². The molecule has 0 heterocycles. The van der Waals surface area contributed by atoms with Crippen LogP contribution in [0, 0.1) is 5.92 Å². The van der Waals surface area contributed by atoms with Crippen LogP contribution in [-0.2, 0) is 4.74 Å². The van der Waals surface area contributed by atoms with Crippen LogP contribution in [0.15, 0.2) is 0 Å². The maximum atomic E-state index is 11.7. The van der Waals surface area contributed by atoms with Crippen LogP contribution >= 0.6 is 0 Å². The van der Waals surface area contributed by atoms with Crippen LogP contribution in [0.4, 0.5) is 18.0 Å². The lowest BCUT2D eigenvalue weighted by atomic mass is 10.2. The van der Waals surface area contributed by atoms with Crippen LogP contribution in [-0.4, -0.2) is 39.0 Å². The van der Waals surface area contributed by atoms with Crippen molar-refractivity contribution in [1.29, 1.82) is 0 Å². The highest BCUT2D eigenvalue weighted by atomic mass is 19.4. The van der Waals surface area contributed by atoms with Gasteiger partial charge in [-0.2, -0.15) is 13.2 Å². The van der Waals surface area contributed by atoms with Gasteiger partial charge >= 0.3 is 12.2 Å². The first-order valence-electron chi connectivity index (χ1n) is 4.42. The van der Waals surface area contributed by atoms with E-state index in [1.807, 2.05) is 6.92 Å². The summed E-state index contributed by atoms with van der Waals surface area (Å²) in [5, 5.41) is 4.01. The van der Waals surface area contributed by atoms with E-state index in [1.54, 1.807) is 5.32 Å². The third kappa shape index (κ3) is 9.33. The van der Waals surface area contributed by atoms with Gasteiger partial charge in [0.2, 0.25) is 0 Å². The molecule has 0 aromatic carbocycles. The highest BCUT2D eigenvalue weighted by molar-refractivity contribution is 5.73. The molecule has 0 saturated heterocycles. The number of carbonyl (C=O) groups is 1. The number of hydrogen-bond donors (Lipinski definition) is 2. The summed E-state index contributed by atoms with van der Waals surface area (Å²) in [6.45, 7) is 1.21. The van der Waals surface area contributed by atoms with Crippen molar-refractivity contribution < 1.29 is 22.7 Å². The molecular weight excluding hydrogens is 213 g/mol. The maximum Gasteiger partial charge on any atom is 0.405 e. The van der Waals surface area contributed by atoms with Gasteiger partial charge in [0.1, 0.15) is 6.54 Å². The van der Waals surface area contributed by atoms with E-state index < -0.39 is 18.8 Å². The van der Waals surface area contributed by atoms with Gasteiger partial charge in [-0.25, -0.2) is 4.79 Å². The summed E-state index contributed by atoms with van der Waals surface area (Å²) in [5.41, 5.74) is 0. The van der Waals surface area contributed by atoms with Crippen molar-refractivity contribution in [1.82, 2.24) is 10.6 Å². The summed E-state index contributed by atoms with van der Waals surface area (Å²) in [6.07, 6.45) is -4.38. The summed E-state index contributed by atoms with van der Waals surface area (Å²) >= 11 is 0.